The lowest BCUT2D eigenvalue weighted by atomic mass is 10.2. The molecule has 0 radical (unpaired) electrons. The lowest BCUT2D eigenvalue weighted by Crippen LogP contribution is -2.17. The molecule has 2 aromatic carbocycles. The zero-order valence-electron chi connectivity index (χ0n) is 15.8. The number of tetrazole rings is 1. The van der Waals surface area contributed by atoms with Crippen LogP contribution in [0.1, 0.15) is 11.3 Å². The van der Waals surface area contributed by atoms with Crippen molar-refractivity contribution in [2.75, 3.05) is 11.1 Å². The van der Waals surface area contributed by atoms with Crippen LogP contribution in [0.4, 0.5) is 5.82 Å². The van der Waals surface area contributed by atoms with Crippen LogP contribution in [0.15, 0.2) is 71.9 Å². The molecule has 146 valence electrons. The molecular formula is C20H19N7OS. The Labute approximate surface area is 171 Å². The number of hydrogen-bond acceptors (Lipinski definition) is 6. The fourth-order valence-electron chi connectivity index (χ4n) is 2.82. The molecule has 0 unspecified atom stereocenters. The van der Waals surface area contributed by atoms with E-state index < -0.39 is 0 Å². The summed E-state index contributed by atoms with van der Waals surface area (Å²) in [5, 5.41) is 19.8. The Kier molecular flexibility index (Phi) is 5.66. The average molecular weight is 405 g/mol. The maximum Gasteiger partial charge on any atom is 0.236 e. The van der Waals surface area contributed by atoms with Crippen LogP contribution in [-0.4, -0.2) is 41.6 Å². The van der Waals surface area contributed by atoms with Crippen molar-refractivity contribution in [3.05, 3.63) is 78.0 Å². The summed E-state index contributed by atoms with van der Waals surface area (Å²) in [6.07, 6.45) is 0. The summed E-state index contributed by atoms with van der Waals surface area (Å²) < 4.78 is 3.41. The summed E-state index contributed by atoms with van der Waals surface area (Å²) >= 11 is 1.29. The number of para-hydroxylation sites is 1. The topological polar surface area (TPSA) is 90.5 Å². The molecule has 2 aromatic heterocycles. The first-order valence-electron chi connectivity index (χ1n) is 9.04. The van der Waals surface area contributed by atoms with E-state index in [0.717, 1.165) is 16.9 Å². The number of anilines is 1. The Hall–Kier alpha value is -3.46. The highest BCUT2D eigenvalue weighted by Crippen LogP contribution is 2.19. The van der Waals surface area contributed by atoms with Crippen molar-refractivity contribution in [3.8, 4) is 5.69 Å². The van der Waals surface area contributed by atoms with Gasteiger partial charge in [0.15, 0.2) is 0 Å². The van der Waals surface area contributed by atoms with E-state index in [-0.39, 0.29) is 11.7 Å². The predicted molar refractivity (Wildman–Crippen MR) is 111 cm³/mol. The van der Waals surface area contributed by atoms with Gasteiger partial charge in [0, 0.05) is 6.07 Å². The van der Waals surface area contributed by atoms with Gasteiger partial charge in [0.25, 0.3) is 0 Å². The van der Waals surface area contributed by atoms with Gasteiger partial charge in [-0.05, 0) is 35.0 Å². The maximum absolute atomic E-state index is 12.5. The van der Waals surface area contributed by atoms with Crippen LogP contribution in [0.5, 0.6) is 0 Å². The molecule has 29 heavy (non-hydrogen) atoms. The molecule has 4 aromatic rings. The molecule has 0 saturated heterocycles. The maximum atomic E-state index is 12.5. The highest BCUT2D eigenvalue weighted by molar-refractivity contribution is 7.99. The standard InChI is InChI=1S/C20H19N7OS/c1-15-12-18(27(23-15)17-10-6-3-7-11-17)21-19(28)14-29-20-22-24-25-26(20)13-16-8-4-2-5-9-16/h2-12H,13-14H2,1H3,(H,21,28). The van der Waals surface area contributed by atoms with E-state index in [1.807, 2.05) is 73.7 Å². The van der Waals surface area contributed by atoms with Gasteiger partial charge in [-0.25, -0.2) is 9.36 Å². The number of carbonyl (C=O) groups is 1. The monoisotopic (exact) mass is 405 g/mol. The minimum atomic E-state index is -0.152. The van der Waals surface area contributed by atoms with E-state index in [4.69, 9.17) is 0 Å². The van der Waals surface area contributed by atoms with Crippen LogP contribution in [-0.2, 0) is 11.3 Å². The van der Waals surface area contributed by atoms with Gasteiger partial charge in [-0.1, -0.05) is 60.3 Å². The second kappa shape index (κ2) is 8.70. The molecule has 0 saturated carbocycles. The number of nitrogens with zero attached hydrogens (tertiary/aromatic N) is 6. The van der Waals surface area contributed by atoms with Crippen LogP contribution < -0.4 is 5.32 Å². The van der Waals surface area contributed by atoms with Gasteiger partial charge in [-0.2, -0.15) is 5.10 Å². The third kappa shape index (κ3) is 4.69. The molecule has 2 heterocycles. The van der Waals surface area contributed by atoms with Crippen LogP contribution in [0, 0.1) is 6.92 Å². The van der Waals surface area contributed by atoms with Crippen LogP contribution in [0.2, 0.25) is 0 Å². The first-order valence-corrected chi connectivity index (χ1v) is 10.0. The molecule has 9 heteroatoms. The number of rotatable bonds is 7. The number of carbonyl (C=O) groups excluding carboxylic acids is 1. The van der Waals surface area contributed by atoms with Crippen molar-refractivity contribution in [2.24, 2.45) is 0 Å². The molecule has 0 aliphatic heterocycles. The van der Waals surface area contributed by atoms with Crippen LogP contribution >= 0.6 is 11.8 Å². The van der Waals surface area contributed by atoms with Gasteiger partial charge in [-0.15, -0.1) is 5.10 Å². The summed E-state index contributed by atoms with van der Waals surface area (Å²) in [4.78, 5) is 12.5. The Bertz CT molecular complexity index is 1090. The SMILES string of the molecule is Cc1cc(NC(=O)CSc2nnnn2Cc2ccccc2)n(-c2ccccc2)n1. The molecule has 0 aliphatic carbocycles. The molecule has 8 nitrogen and oxygen atoms in total. The first kappa shape index (κ1) is 18.9. The number of benzene rings is 2. The quantitative estimate of drug-likeness (QED) is 0.476. The third-order valence-electron chi connectivity index (χ3n) is 4.11. The van der Waals surface area contributed by atoms with E-state index in [1.54, 1.807) is 9.36 Å². The lowest BCUT2D eigenvalue weighted by Gasteiger charge is -2.09. The van der Waals surface area contributed by atoms with Crippen molar-refractivity contribution in [2.45, 2.75) is 18.6 Å². The number of aromatic nitrogens is 6. The normalized spacial score (nSPS) is 10.8. The zero-order valence-corrected chi connectivity index (χ0v) is 16.6. The summed E-state index contributed by atoms with van der Waals surface area (Å²) in [5.74, 6) is 0.665. The number of aryl methyl sites for hydroxylation is 1. The summed E-state index contributed by atoms with van der Waals surface area (Å²) in [5.41, 5.74) is 2.80. The molecule has 1 amide bonds. The van der Waals surface area contributed by atoms with Crippen molar-refractivity contribution < 1.29 is 4.79 Å². The van der Waals surface area contributed by atoms with Crippen molar-refractivity contribution in [3.63, 3.8) is 0 Å². The minimum absolute atomic E-state index is 0.152. The molecule has 0 aliphatic rings. The molecule has 0 spiro atoms. The summed E-state index contributed by atoms with van der Waals surface area (Å²) in [6.45, 7) is 2.44. The lowest BCUT2D eigenvalue weighted by molar-refractivity contribution is -0.113. The largest absolute Gasteiger partial charge is 0.310 e. The average Bonchev–Trinajstić information content (AvgIpc) is 3.33. The van der Waals surface area contributed by atoms with Gasteiger partial charge >= 0.3 is 0 Å². The number of nitrogens with one attached hydrogen (secondary N) is 1. The molecule has 0 atom stereocenters. The highest BCUT2D eigenvalue weighted by Gasteiger charge is 2.14. The Morgan fingerprint density at radius 2 is 1.79 bits per heavy atom. The van der Waals surface area contributed by atoms with Gasteiger partial charge in [0.1, 0.15) is 5.82 Å². The molecular weight excluding hydrogens is 386 g/mol. The first-order chi connectivity index (χ1) is 14.2. The van der Waals surface area contributed by atoms with E-state index >= 15 is 0 Å². The molecule has 4 rings (SSSR count). The number of thioether (sulfide) groups is 1. The van der Waals surface area contributed by atoms with Gasteiger partial charge < -0.3 is 5.32 Å². The van der Waals surface area contributed by atoms with Crippen LogP contribution in [0.25, 0.3) is 5.69 Å². The third-order valence-corrected chi connectivity index (χ3v) is 5.06. The number of hydrogen-bond donors (Lipinski definition) is 1. The van der Waals surface area contributed by atoms with E-state index in [1.165, 1.54) is 11.8 Å². The van der Waals surface area contributed by atoms with Gasteiger partial charge in [0.05, 0.1) is 23.7 Å². The highest BCUT2D eigenvalue weighted by atomic mass is 32.2. The van der Waals surface area contributed by atoms with E-state index in [2.05, 4.69) is 25.9 Å². The Morgan fingerprint density at radius 3 is 2.55 bits per heavy atom. The fraction of sp³-hybridized carbons (Fsp3) is 0.150. The smallest absolute Gasteiger partial charge is 0.236 e. The van der Waals surface area contributed by atoms with Gasteiger partial charge in [-0.3, -0.25) is 4.79 Å². The Balaban J connectivity index is 1.40. The van der Waals surface area contributed by atoms with Crippen molar-refractivity contribution in [1.29, 1.82) is 0 Å². The van der Waals surface area contributed by atoms with Crippen LogP contribution in [0.3, 0.4) is 0 Å². The second-order valence-electron chi connectivity index (χ2n) is 6.36. The summed E-state index contributed by atoms with van der Waals surface area (Å²) in [7, 11) is 0. The zero-order chi connectivity index (χ0) is 20.1. The van der Waals surface area contributed by atoms with Crippen molar-refractivity contribution >= 4 is 23.5 Å². The fourth-order valence-corrected chi connectivity index (χ4v) is 3.50. The van der Waals surface area contributed by atoms with E-state index in [0.29, 0.717) is 17.5 Å². The second-order valence-corrected chi connectivity index (χ2v) is 7.30. The van der Waals surface area contributed by atoms with E-state index in [9.17, 15) is 4.79 Å². The molecule has 0 fully saturated rings. The Morgan fingerprint density at radius 1 is 1.07 bits per heavy atom. The molecule has 1 N–H and O–H groups in total. The minimum Gasteiger partial charge on any atom is -0.310 e. The number of amides is 1. The predicted octanol–water partition coefficient (Wildman–Crippen LogP) is 2.95. The van der Waals surface area contributed by atoms with Gasteiger partial charge in [0.2, 0.25) is 11.1 Å². The summed E-state index contributed by atoms with van der Waals surface area (Å²) in [6, 6.07) is 21.4. The molecule has 0 bridgehead atoms. The van der Waals surface area contributed by atoms with Crippen molar-refractivity contribution in [1.82, 2.24) is 30.0 Å².